The topological polar surface area (TPSA) is 24.1 Å². The first-order valence-corrected chi connectivity index (χ1v) is 6.21. The normalized spacial score (nSPS) is 13.7. The van der Waals surface area contributed by atoms with Crippen molar-refractivity contribution < 1.29 is 8.78 Å². The maximum Gasteiger partial charge on any atom is 0.163 e. The van der Waals surface area contributed by atoms with Crippen LogP contribution in [0.15, 0.2) is 18.2 Å². The molecule has 0 heterocycles. The van der Waals surface area contributed by atoms with Gasteiger partial charge in [-0.15, -0.1) is 0 Å². The highest BCUT2D eigenvalue weighted by atomic mass is 19.2. The summed E-state index contributed by atoms with van der Waals surface area (Å²) < 4.78 is 26.4. The van der Waals surface area contributed by atoms with Crippen LogP contribution in [0.25, 0.3) is 0 Å². The third kappa shape index (κ3) is 5.10. The average Bonchev–Trinajstić information content (AvgIpc) is 2.27. The molecule has 18 heavy (non-hydrogen) atoms. The molecule has 0 aliphatic rings. The highest BCUT2D eigenvalue weighted by Gasteiger charge is 2.12. The van der Waals surface area contributed by atoms with Crippen LogP contribution in [-0.2, 0) is 6.54 Å². The summed E-state index contributed by atoms with van der Waals surface area (Å²) in [5, 5.41) is 6.52. The van der Waals surface area contributed by atoms with E-state index in [0.717, 1.165) is 12.6 Å². The third-order valence-corrected chi connectivity index (χ3v) is 2.61. The Labute approximate surface area is 108 Å². The lowest BCUT2D eigenvalue weighted by Crippen LogP contribution is -2.44. The van der Waals surface area contributed by atoms with Crippen LogP contribution in [0.5, 0.6) is 0 Å². The molecule has 0 saturated heterocycles. The van der Waals surface area contributed by atoms with Crippen molar-refractivity contribution in [2.45, 2.75) is 45.8 Å². The summed E-state index contributed by atoms with van der Waals surface area (Å²) in [6.07, 6.45) is 0. The molecular weight excluding hydrogens is 234 g/mol. The Morgan fingerprint density at radius 3 is 2.50 bits per heavy atom. The van der Waals surface area contributed by atoms with Gasteiger partial charge in [0.05, 0.1) is 0 Å². The zero-order valence-electron chi connectivity index (χ0n) is 11.5. The standard InChI is InChI=1S/C14H22F2N2/c1-10(8-18-14(2,3)4)17-9-11-6-5-7-12(15)13(11)16/h5-7,10,17-18H,8-9H2,1-4H3. The van der Waals surface area contributed by atoms with E-state index < -0.39 is 11.6 Å². The smallest absolute Gasteiger partial charge is 0.163 e. The zero-order valence-corrected chi connectivity index (χ0v) is 11.5. The number of benzene rings is 1. The lowest BCUT2D eigenvalue weighted by molar-refractivity contribution is 0.385. The number of hydrogen-bond donors (Lipinski definition) is 2. The van der Waals surface area contributed by atoms with Gasteiger partial charge in [0.1, 0.15) is 0 Å². The molecule has 0 amide bonds. The quantitative estimate of drug-likeness (QED) is 0.846. The van der Waals surface area contributed by atoms with Gasteiger partial charge in [-0.3, -0.25) is 0 Å². The Morgan fingerprint density at radius 2 is 1.89 bits per heavy atom. The Morgan fingerprint density at radius 1 is 1.22 bits per heavy atom. The SMILES string of the molecule is CC(CNC(C)(C)C)NCc1cccc(F)c1F. The van der Waals surface area contributed by atoms with E-state index in [9.17, 15) is 8.78 Å². The van der Waals surface area contributed by atoms with Gasteiger partial charge in [-0.1, -0.05) is 12.1 Å². The van der Waals surface area contributed by atoms with Crippen LogP contribution in [0.2, 0.25) is 0 Å². The second kappa shape index (κ2) is 6.25. The van der Waals surface area contributed by atoms with E-state index in [2.05, 4.69) is 31.4 Å². The van der Waals surface area contributed by atoms with Crippen molar-refractivity contribution >= 4 is 0 Å². The van der Waals surface area contributed by atoms with E-state index in [1.54, 1.807) is 6.07 Å². The zero-order chi connectivity index (χ0) is 13.8. The molecule has 1 atom stereocenters. The monoisotopic (exact) mass is 256 g/mol. The molecule has 0 aliphatic carbocycles. The van der Waals surface area contributed by atoms with Gasteiger partial charge in [-0.2, -0.15) is 0 Å². The van der Waals surface area contributed by atoms with E-state index in [1.807, 2.05) is 6.92 Å². The Balaban J connectivity index is 2.43. The van der Waals surface area contributed by atoms with E-state index in [-0.39, 0.29) is 11.6 Å². The lowest BCUT2D eigenvalue weighted by atomic mass is 10.1. The summed E-state index contributed by atoms with van der Waals surface area (Å²) >= 11 is 0. The number of rotatable bonds is 5. The summed E-state index contributed by atoms with van der Waals surface area (Å²) in [6, 6.07) is 4.43. The van der Waals surface area contributed by atoms with Crippen molar-refractivity contribution in [3.05, 3.63) is 35.4 Å². The summed E-state index contributed by atoms with van der Waals surface area (Å²) in [5.41, 5.74) is 0.414. The van der Waals surface area contributed by atoms with Gasteiger partial charge >= 0.3 is 0 Å². The molecule has 0 aromatic heterocycles. The fraction of sp³-hybridized carbons (Fsp3) is 0.571. The molecular formula is C14H22F2N2. The van der Waals surface area contributed by atoms with Gasteiger partial charge in [-0.25, -0.2) is 8.78 Å². The van der Waals surface area contributed by atoms with Crippen molar-refractivity contribution in [3.8, 4) is 0 Å². The minimum atomic E-state index is -0.797. The van der Waals surface area contributed by atoms with Crippen LogP contribution in [-0.4, -0.2) is 18.1 Å². The van der Waals surface area contributed by atoms with Gasteiger partial charge in [-0.05, 0) is 33.8 Å². The van der Waals surface area contributed by atoms with Crippen LogP contribution in [0.4, 0.5) is 8.78 Å². The molecule has 4 heteroatoms. The first kappa shape index (κ1) is 15.1. The Bertz CT molecular complexity index is 386. The third-order valence-electron chi connectivity index (χ3n) is 2.61. The number of hydrogen-bond acceptors (Lipinski definition) is 2. The van der Waals surface area contributed by atoms with E-state index in [0.29, 0.717) is 12.1 Å². The predicted molar refractivity (Wildman–Crippen MR) is 70.4 cm³/mol. The van der Waals surface area contributed by atoms with E-state index >= 15 is 0 Å². The molecule has 0 radical (unpaired) electrons. The molecule has 1 aromatic rings. The average molecular weight is 256 g/mol. The van der Waals surface area contributed by atoms with Crippen molar-refractivity contribution in [1.29, 1.82) is 0 Å². The Hall–Kier alpha value is -1.00. The molecule has 1 aromatic carbocycles. The summed E-state index contributed by atoms with van der Waals surface area (Å²) in [5.74, 6) is -1.56. The fourth-order valence-corrected chi connectivity index (χ4v) is 1.50. The van der Waals surface area contributed by atoms with Crippen LogP contribution in [0.1, 0.15) is 33.3 Å². The molecule has 0 bridgehead atoms. The summed E-state index contributed by atoms with van der Waals surface area (Å²) in [6.45, 7) is 9.39. The van der Waals surface area contributed by atoms with Crippen LogP contribution in [0, 0.1) is 11.6 Å². The first-order valence-electron chi connectivity index (χ1n) is 6.21. The summed E-state index contributed by atoms with van der Waals surface area (Å²) in [4.78, 5) is 0. The molecule has 0 aliphatic heterocycles. The van der Waals surface area contributed by atoms with Crippen LogP contribution < -0.4 is 10.6 Å². The van der Waals surface area contributed by atoms with Crippen molar-refractivity contribution in [3.63, 3.8) is 0 Å². The largest absolute Gasteiger partial charge is 0.311 e. The van der Waals surface area contributed by atoms with E-state index in [4.69, 9.17) is 0 Å². The molecule has 0 saturated carbocycles. The summed E-state index contributed by atoms with van der Waals surface area (Å²) in [7, 11) is 0. The second-order valence-electron chi connectivity index (χ2n) is 5.63. The molecule has 2 nitrogen and oxygen atoms in total. The predicted octanol–water partition coefficient (Wildman–Crippen LogP) is 2.83. The first-order chi connectivity index (χ1) is 8.29. The molecule has 2 N–H and O–H groups in total. The van der Waals surface area contributed by atoms with Gasteiger partial charge < -0.3 is 10.6 Å². The molecule has 102 valence electrons. The second-order valence-corrected chi connectivity index (χ2v) is 5.63. The number of halogens is 2. The van der Waals surface area contributed by atoms with Crippen LogP contribution in [0.3, 0.4) is 0 Å². The molecule has 1 rings (SSSR count). The minimum absolute atomic E-state index is 0.0556. The van der Waals surface area contributed by atoms with Crippen molar-refractivity contribution in [2.24, 2.45) is 0 Å². The molecule has 0 spiro atoms. The van der Waals surface area contributed by atoms with Crippen molar-refractivity contribution in [2.75, 3.05) is 6.54 Å². The van der Waals surface area contributed by atoms with Gasteiger partial charge in [0, 0.05) is 30.2 Å². The van der Waals surface area contributed by atoms with Crippen molar-refractivity contribution in [1.82, 2.24) is 10.6 Å². The maximum absolute atomic E-state index is 13.4. The minimum Gasteiger partial charge on any atom is -0.311 e. The van der Waals surface area contributed by atoms with E-state index in [1.165, 1.54) is 6.07 Å². The van der Waals surface area contributed by atoms with Crippen LogP contribution >= 0.6 is 0 Å². The fourth-order valence-electron chi connectivity index (χ4n) is 1.50. The van der Waals surface area contributed by atoms with Gasteiger partial charge in [0.25, 0.3) is 0 Å². The highest BCUT2D eigenvalue weighted by molar-refractivity contribution is 5.18. The Kier molecular flexibility index (Phi) is 5.23. The maximum atomic E-state index is 13.4. The lowest BCUT2D eigenvalue weighted by Gasteiger charge is -2.24. The van der Waals surface area contributed by atoms with Gasteiger partial charge in [0.15, 0.2) is 11.6 Å². The number of nitrogens with one attached hydrogen (secondary N) is 2. The molecule has 0 fully saturated rings. The van der Waals surface area contributed by atoms with Gasteiger partial charge in [0.2, 0.25) is 0 Å². The highest BCUT2D eigenvalue weighted by Crippen LogP contribution is 2.11. The molecule has 1 unspecified atom stereocenters.